The van der Waals surface area contributed by atoms with Crippen molar-refractivity contribution in [2.24, 2.45) is 5.92 Å². The standard InChI is InChI=1S/C16H25NO3/c1-18-15-7-6-14(16(10-15)19-2)11-17-8-3-9-20-12-13-4-5-13/h6-7,10,13,17H,3-5,8-9,11-12H2,1-2H3. The van der Waals surface area contributed by atoms with E-state index in [9.17, 15) is 0 Å². The Morgan fingerprint density at radius 3 is 2.75 bits per heavy atom. The summed E-state index contributed by atoms with van der Waals surface area (Å²) in [6.07, 6.45) is 3.76. The van der Waals surface area contributed by atoms with Crippen molar-refractivity contribution in [2.45, 2.75) is 25.8 Å². The maximum Gasteiger partial charge on any atom is 0.127 e. The Kier molecular flexibility index (Phi) is 6.15. The van der Waals surface area contributed by atoms with Gasteiger partial charge in [0, 0.05) is 31.4 Å². The van der Waals surface area contributed by atoms with Crippen LogP contribution in [0.3, 0.4) is 0 Å². The van der Waals surface area contributed by atoms with Gasteiger partial charge in [0.1, 0.15) is 11.5 Å². The van der Waals surface area contributed by atoms with Gasteiger partial charge in [-0.25, -0.2) is 0 Å². The number of hydrogen-bond acceptors (Lipinski definition) is 4. The highest BCUT2D eigenvalue weighted by atomic mass is 16.5. The molecule has 1 aromatic carbocycles. The molecule has 1 saturated carbocycles. The fourth-order valence-corrected chi connectivity index (χ4v) is 2.05. The van der Waals surface area contributed by atoms with Crippen molar-refractivity contribution in [2.75, 3.05) is 34.0 Å². The first-order chi connectivity index (χ1) is 9.83. The van der Waals surface area contributed by atoms with Gasteiger partial charge in [0.2, 0.25) is 0 Å². The molecule has 0 bridgehead atoms. The molecule has 4 nitrogen and oxygen atoms in total. The zero-order chi connectivity index (χ0) is 14.2. The highest BCUT2D eigenvalue weighted by Crippen LogP contribution is 2.28. The van der Waals surface area contributed by atoms with E-state index in [1.54, 1.807) is 14.2 Å². The van der Waals surface area contributed by atoms with Gasteiger partial charge in [-0.3, -0.25) is 0 Å². The highest BCUT2D eigenvalue weighted by Gasteiger charge is 2.20. The van der Waals surface area contributed by atoms with Gasteiger partial charge in [-0.2, -0.15) is 0 Å². The van der Waals surface area contributed by atoms with Crippen molar-refractivity contribution in [1.29, 1.82) is 0 Å². The van der Waals surface area contributed by atoms with E-state index in [0.29, 0.717) is 0 Å². The summed E-state index contributed by atoms with van der Waals surface area (Å²) < 4.78 is 16.2. The lowest BCUT2D eigenvalue weighted by Gasteiger charge is -2.11. The fourth-order valence-electron chi connectivity index (χ4n) is 2.05. The molecular weight excluding hydrogens is 254 g/mol. The highest BCUT2D eigenvalue weighted by molar-refractivity contribution is 5.40. The zero-order valence-electron chi connectivity index (χ0n) is 12.5. The molecule has 0 amide bonds. The average molecular weight is 279 g/mol. The van der Waals surface area contributed by atoms with Crippen LogP contribution in [0.15, 0.2) is 18.2 Å². The summed E-state index contributed by atoms with van der Waals surface area (Å²) in [5.74, 6) is 2.53. The molecule has 0 radical (unpaired) electrons. The van der Waals surface area contributed by atoms with E-state index in [4.69, 9.17) is 14.2 Å². The molecule has 112 valence electrons. The molecule has 0 saturated heterocycles. The second-order valence-corrected chi connectivity index (χ2v) is 5.23. The zero-order valence-corrected chi connectivity index (χ0v) is 12.5. The van der Waals surface area contributed by atoms with Crippen LogP contribution in [-0.2, 0) is 11.3 Å². The van der Waals surface area contributed by atoms with Crippen molar-refractivity contribution < 1.29 is 14.2 Å². The van der Waals surface area contributed by atoms with Crippen molar-refractivity contribution in [3.63, 3.8) is 0 Å². The Labute approximate surface area is 121 Å². The topological polar surface area (TPSA) is 39.7 Å². The molecule has 1 aliphatic rings. The van der Waals surface area contributed by atoms with Crippen LogP contribution in [0.4, 0.5) is 0 Å². The van der Waals surface area contributed by atoms with Gasteiger partial charge in [0.05, 0.1) is 14.2 Å². The smallest absolute Gasteiger partial charge is 0.127 e. The minimum atomic E-state index is 0.801. The van der Waals surface area contributed by atoms with Gasteiger partial charge in [0.15, 0.2) is 0 Å². The Morgan fingerprint density at radius 1 is 1.20 bits per heavy atom. The van der Waals surface area contributed by atoms with Gasteiger partial charge in [-0.15, -0.1) is 0 Å². The molecule has 0 spiro atoms. The summed E-state index contributed by atoms with van der Waals surface area (Å²) in [7, 11) is 3.35. The number of rotatable bonds is 10. The van der Waals surface area contributed by atoms with E-state index < -0.39 is 0 Å². The third-order valence-corrected chi connectivity index (χ3v) is 3.50. The maximum atomic E-state index is 5.60. The van der Waals surface area contributed by atoms with Crippen molar-refractivity contribution in [3.8, 4) is 11.5 Å². The maximum absolute atomic E-state index is 5.60. The van der Waals surface area contributed by atoms with Gasteiger partial charge in [-0.1, -0.05) is 6.07 Å². The quantitative estimate of drug-likeness (QED) is 0.668. The lowest BCUT2D eigenvalue weighted by atomic mass is 10.2. The third-order valence-electron chi connectivity index (χ3n) is 3.50. The summed E-state index contributed by atoms with van der Waals surface area (Å²) in [6, 6.07) is 5.91. The van der Waals surface area contributed by atoms with Crippen LogP contribution in [-0.4, -0.2) is 34.0 Å². The van der Waals surface area contributed by atoms with E-state index in [1.165, 1.54) is 12.8 Å². The fraction of sp³-hybridized carbons (Fsp3) is 0.625. The third kappa shape index (κ3) is 5.02. The summed E-state index contributed by atoms with van der Waals surface area (Å²) in [5, 5.41) is 3.42. The second kappa shape index (κ2) is 8.12. The van der Waals surface area contributed by atoms with Gasteiger partial charge in [0.25, 0.3) is 0 Å². The van der Waals surface area contributed by atoms with Crippen LogP contribution in [0.2, 0.25) is 0 Å². The summed E-state index contributed by atoms with van der Waals surface area (Å²) in [4.78, 5) is 0. The first kappa shape index (κ1) is 15.1. The first-order valence-corrected chi connectivity index (χ1v) is 7.33. The van der Waals surface area contributed by atoms with Crippen LogP contribution in [0.5, 0.6) is 11.5 Å². The minimum Gasteiger partial charge on any atom is -0.497 e. The minimum absolute atomic E-state index is 0.801. The van der Waals surface area contributed by atoms with Crippen molar-refractivity contribution in [3.05, 3.63) is 23.8 Å². The van der Waals surface area contributed by atoms with E-state index >= 15 is 0 Å². The first-order valence-electron chi connectivity index (χ1n) is 7.33. The molecule has 1 aliphatic carbocycles. The molecule has 1 N–H and O–H groups in total. The lowest BCUT2D eigenvalue weighted by molar-refractivity contribution is 0.122. The summed E-state index contributed by atoms with van der Waals surface area (Å²) in [6.45, 7) is 3.56. The van der Waals surface area contributed by atoms with Gasteiger partial charge >= 0.3 is 0 Å². The predicted molar refractivity (Wildman–Crippen MR) is 79.4 cm³/mol. The van der Waals surface area contributed by atoms with Crippen LogP contribution in [0.1, 0.15) is 24.8 Å². The number of hydrogen-bond donors (Lipinski definition) is 1. The summed E-state index contributed by atoms with van der Waals surface area (Å²) in [5.41, 5.74) is 1.15. The largest absolute Gasteiger partial charge is 0.497 e. The Morgan fingerprint density at radius 2 is 2.05 bits per heavy atom. The van der Waals surface area contributed by atoms with E-state index in [1.807, 2.05) is 18.2 Å². The van der Waals surface area contributed by atoms with E-state index in [0.717, 1.165) is 55.7 Å². The molecule has 0 atom stereocenters. The van der Waals surface area contributed by atoms with Gasteiger partial charge in [-0.05, 0) is 37.8 Å². The molecular formula is C16H25NO3. The Balaban J connectivity index is 1.62. The van der Waals surface area contributed by atoms with Crippen molar-refractivity contribution >= 4 is 0 Å². The summed E-state index contributed by atoms with van der Waals surface area (Å²) >= 11 is 0. The molecule has 1 fully saturated rings. The Bertz CT molecular complexity index is 405. The monoisotopic (exact) mass is 279 g/mol. The van der Waals surface area contributed by atoms with Gasteiger partial charge < -0.3 is 19.5 Å². The second-order valence-electron chi connectivity index (χ2n) is 5.23. The van der Waals surface area contributed by atoms with E-state index in [2.05, 4.69) is 5.32 Å². The Hall–Kier alpha value is -1.26. The molecule has 20 heavy (non-hydrogen) atoms. The van der Waals surface area contributed by atoms with Crippen LogP contribution < -0.4 is 14.8 Å². The van der Waals surface area contributed by atoms with Crippen LogP contribution in [0.25, 0.3) is 0 Å². The average Bonchev–Trinajstić information content (AvgIpc) is 3.30. The predicted octanol–water partition coefficient (Wildman–Crippen LogP) is 2.61. The molecule has 0 unspecified atom stereocenters. The number of ether oxygens (including phenoxy) is 3. The van der Waals surface area contributed by atoms with Crippen LogP contribution in [0, 0.1) is 5.92 Å². The van der Waals surface area contributed by atoms with Crippen LogP contribution >= 0.6 is 0 Å². The number of benzene rings is 1. The molecule has 2 rings (SSSR count). The normalized spacial score (nSPS) is 14.3. The molecule has 0 aliphatic heterocycles. The molecule has 0 aromatic heterocycles. The van der Waals surface area contributed by atoms with E-state index in [-0.39, 0.29) is 0 Å². The molecule has 0 heterocycles. The number of nitrogens with one attached hydrogen (secondary N) is 1. The molecule has 4 heteroatoms. The molecule has 1 aromatic rings. The number of methoxy groups -OCH3 is 2. The SMILES string of the molecule is COc1ccc(CNCCCOCC2CC2)c(OC)c1. The van der Waals surface area contributed by atoms with Crippen molar-refractivity contribution in [1.82, 2.24) is 5.32 Å². The lowest BCUT2D eigenvalue weighted by Crippen LogP contribution is -2.17.